The molecule has 0 saturated heterocycles. The largest absolute Gasteiger partial charge is 0.489 e. The Morgan fingerprint density at radius 2 is 1.62 bits per heavy atom. The molecule has 0 spiro atoms. The molecule has 0 unspecified atom stereocenters. The molecule has 2 amide bonds. The van der Waals surface area contributed by atoms with E-state index in [1.54, 1.807) is 18.2 Å². The fraction of sp³-hybridized carbons (Fsp3) is 0.125. The predicted molar refractivity (Wildman–Crippen MR) is 127 cm³/mol. The van der Waals surface area contributed by atoms with Gasteiger partial charge in [0.05, 0.1) is 16.9 Å². The molecule has 0 aliphatic carbocycles. The molecule has 3 aromatic carbocycles. The Morgan fingerprint density at radius 3 is 2.38 bits per heavy atom. The maximum absolute atomic E-state index is 12.0. The summed E-state index contributed by atoms with van der Waals surface area (Å²) in [5.41, 5.74) is 4.69. The quantitative estimate of drug-likeness (QED) is 0.323. The van der Waals surface area contributed by atoms with Gasteiger partial charge in [0.1, 0.15) is 12.4 Å². The molecular weight excluding hydrogens is 449 g/mol. The van der Waals surface area contributed by atoms with Gasteiger partial charge in [-0.1, -0.05) is 53.5 Å². The van der Waals surface area contributed by atoms with Gasteiger partial charge in [-0.05, 0) is 53.6 Å². The number of amides is 2. The average Bonchev–Trinajstić information content (AvgIpc) is 2.80. The third-order valence-electron chi connectivity index (χ3n) is 4.31. The third-order valence-corrected chi connectivity index (χ3v) is 4.88. The summed E-state index contributed by atoms with van der Waals surface area (Å²) in [5.74, 6) is 0.0108. The number of nitrogens with one attached hydrogen (secondary N) is 2. The number of rotatable bonds is 9. The number of hydrogen-bond donors (Lipinski definition) is 2. The number of benzene rings is 3. The highest BCUT2D eigenvalue weighted by molar-refractivity contribution is 6.35. The van der Waals surface area contributed by atoms with E-state index in [1.807, 2.05) is 54.6 Å². The molecule has 0 aromatic heterocycles. The second-order valence-electron chi connectivity index (χ2n) is 6.81. The van der Waals surface area contributed by atoms with Crippen molar-refractivity contribution >= 4 is 46.9 Å². The second-order valence-corrected chi connectivity index (χ2v) is 7.65. The minimum Gasteiger partial charge on any atom is -0.489 e. The van der Waals surface area contributed by atoms with Crippen LogP contribution in [0.3, 0.4) is 0 Å². The van der Waals surface area contributed by atoms with E-state index in [2.05, 4.69) is 15.8 Å². The zero-order valence-electron chi connectivity index (χ0n) is 17.1. The van der Waals surface area contributed by atoms with E-state index < -0.39 is 0 Å². The summed E-state index contributed by atoms with van der Waals surface area (Å²) >= 11 is 11.9. The fourth-order valence-electron chi connectivity index (χ4n) is 2.66. The van der Waals surface area contributed by atoms with Crippen LogP contribution in [0.15, 0.2) is 77.9 Å². The van der Waals surface area contributed by atoms with Crippen molar-refractivity contribution in [2.75, 3.05) is 5.32 Å². The summed E-state index contributed by atoms with van der Waals surface area (Å²) in [5, 5.41) is 7.37. The first-order valence-corrected chi connectivity index (χ1v) is 10.6. The summed E-state index contributed by atoms with van der Waals surface area (Å²) < 4.78 is 5.73. The summed E-state index contributed by atoms with van der Waals surface area (Å²) in [6, 6.07) is 22.0. The summed E-state index contributed by atoms with van der Waals surface area (Å²) in [4.78, 5) is 23.9. The topological polar surface area (TPSA) is 79.8 Å². The summed E-state index contributed by atoms with van der Waals surface area (Å²) in [7, 11) is 0. The molecule has 164 valence electrons. The Bertz CT molecular complexity index is 1090. The molecule has 3 rings (SSSR count). The van der Waals surface area contributed by atoms with Crippen molar-refractivity contribution in [3.05, 3.63) is 94.0 Å². The molecule has 6 nitrogen and oxygen atoms in total. The molecule has 0 radical (unpaired) electrons. The van der Waals surface area contributed by atoms with Gasteiger partial charge in [0.25, 0.3) is 0 Å². The molecular formula is C24H21Cl2N3O3. The van der Waals surface area contributed by atoms with Crippen LogP contribution in [0.5, 0.6) is 5.75 Å². The molecule has 0 heterocycles. The number of carbonyl (C=O) groups excluding carboxylic acids is 2. The SMILES string of the molecule is O=C(CCC(=O)Nc1cc(Cl)ccc1Cl)NN=Cc1ccc(OCc2ccccc2)cc1. The van der Waals surface area contributed by atoms with Crippen LogP contribution < -0.4 is 15.5 Å². The summed E-state index contributed by atoms with van der Waals surface area (Å²) in [6.45, 7) is 0.488. The van der Waals surface area contributed by atoms with Gasteiger partial charge in [-0.2, -0.15) is 5.10 Å². The van der Waals surface area contributed by atoms with Crippen molar-refractivity contribution in [1.82, 2.24) is 5.43 Å². The first kappa shape index (κ1) is 23.3. The van der Waals surface area contributed by atoms with Crippen LogP contribution in [0.1, 0.15) is 24.0 Å². The van der Waals surface area contributed by atoms with Crippen LogP contribution in [-0.2, 0) is 16.2 Å². The van der Waals surface area contributed by atoms with Gasteiger partial charge in [-0.15, -0.1) is 0 Å². The number of ether oxygens (including phenoxy) is 1. The molecule has 0 aliphatic heterocycles. The smallest absolute Gasteiger partial charge is 0.240 e. The van der Waals surface area contributed by atoms with Gasteiger partial charge in [0.2, 0.25) is 11.8 Å². The maximum Gasteiger partial charge on any atom is 0.240 e. The minimum atomic E-state index is -0.378. The number of hydrazone groups is 1. The zero-order chi connectivity index (χ0) is 22.8. The zero-order valence-corrected chi connectivity index (χ0v) is 18.6. The molecule has 0 fully saturated rings. The molecule has 0 atom stereocenters. The number of nitrogens with zero attached hydrogens (tertiary/aromatic N) is 1. The standard InChI is InChI=1S/C24H21Cl2N3O3/c25-19-8-11-21(26)22(14-19)28-23(30)12-13-24(31)29-27-15-17-6-9-20(10-7-17)32-16-18-4-2-1-3-5-18/h1-11,14-15H,12-13,16H2,(H,28,30)(H,29,31). The van der Waals surface area contributed by atoms with Crippen molar-refractivity contribution in [2.45, 2.75) is 19.4 Å². The van der Waals surface area contributed by atoms with Crippen molar-refractivity contribution in [1.29, 1.82) is 0 Å². The van der Waals surface area contributed by atoms with Crippen LogP contribution >= 0.6 is 23.2 Å². The Balaban J connectivity index is 1.39. The average molecular weight is 470 g/mol. The van der Waals surface area contributed by atoms with Crippen molar-refractivity contribution in [3.8, 4) is 5.75 Å². The van der Waals surface area contributed by atoms with Gasteiger partial charge in [-0.3, -0.25) is 9.59 Å². The highest BCUT2D eigenvalue weighted by atomic mass is 35.5. The third kappa shape index (κ3) is 7.72. The van der Waals surface area contributed by atoms with E-state index in [-0.39, 0.29) is 24.7 Å². The predicted octanol–water partition coefficient (Wildman–Crippen LogP) is 5.44. The van der Waals surface area contributed by atoms with Crippen LogP contribution in [0.4, 0.5) is 5.69 Å². The molecule has 0 saturated carbocycles. The number of anilines is 1. The first-order chi connectivity index (χ1) is 15.5. The van der Waals surface area contributed by atoms with E-state index in [4.69, 9.17) is 27.9 Å². The summed E-state index contributed by atoms with van der Waals surface area (Å²) in [6.07, 6.45) is 1.48. The lowest BCUT2D eigenvalue weighted by Gasteiger charge is -2.07. The highest BCUT2D eigenvalue weighted by Gasteiger charge is 2.09. The number of carbonyl (C=O) groups is 2. The van der Waals surface area contributed by atoms with E-state index >= 15 is 0 Å². The molecule has 2 N–H and O–H groups in total. The normalized spacial score (nSPS) is 10.7. The molecule has 0 aliphatic rings. The molecule has 8 heteroatoms. The fourth-order valence-corrected chi connectivity index (χ4v) is 3.00. The van der Waals surface area contributed by atoms with Crippen LogP contribution in [0.2, 0.25) is 10.0 Å². The van der Waals surface area contributed by atoms with Crippen LogP contribution in [0, 0.1) is 0 Å². The minimum absolute atomic E-state index is 0.0162. The Kier molecular flexibility index (Phi) is 8.66. The number of halogens is 2. The number of hydrogen-bond acceptors (Lipinski definition) is 4. The van der Waals surface area contributed by atoms with Gasteiger partial charge < -0.3 is 10.1 Å². The van der Waals surface area contributed by atoms with E-state index in [0.29, 0.717) is 22.3 Å². The van der Waals surface area contributed by atoms with Crippen molar-refractivity contribution in [2.24, 2.45) is 5.10 Å². The highest BCUT2D eigenvalue weighted by Crippen LogP contribution is 2.25. The molecule has 3 aromatic rings. The second kappa shape index (κ2) is 11.9. The molecule has 0 bridgehead atoms. The van der Waals surface area contributed by atoms with Crippen molar-refractivity contribution < 1.29 is 14.3 Å². The van der Waals surface area contributed by atoms with Gasteiger partial charge in [0, 0.05) is 17.9 Å². The van der Waals surface area contributed by atoms with Crippen LogP contribution in [-0.4, -0.2) is 18.0 Å². The molecule has 32 heavy (non-hydrogen) atoms. The lowest BCUT2D eigenvalue weighted by atomic mass is 10.2. The lowest BCUT2D eigenvalue weighted by Crippen LogP contribution is -2.20. The Morgan fingerprint density at radius 1 is 0.906 bits per heavy atom. The Labute approximate surface area is 196 Å². The van der Waals surface area contributed by atoms with E-state index in [9.17, 15) is 9.59 Å². The van der Waals surface area contributed by atoms with Crippen molar-refractivity contribution in [3.63, 3.8) is 0 Å². The van der Waals surface area contributed by atoms with Gasteiger partial charge in [0.15, 0.2) is 0 Å². The van der Waals surface area contributed by atoms with Gasteiger partial charge >= 0.3 is 0 Å². The van der Waals surface area contributed by atoms with E-state index in [0.717, 1.165) is 16.9 Å². The lowest BCUT2D eigenvalue weighted by molar-refractivity contribution is -0.124. The van der Waals surface area contributed by atoms with E-state index in [1.165, 1.54) is 6.21 Å². The Hall–Kier alpha value is -3.35. The maximum atomic E-state index is 12.0. The monoisotopic (exact) mass is 469 g/mol. The first-order valence-electron chi connectivity index (χ1n) is 9.83. The van der Waals surface area contributed by atoms with Crippen LogP contribution in [0.25, 0.3) is 0 Å². The van der Waals surface area contributed by atoms with Gasteiger partial charge in [-0.25, -0.2) is 5.43 Å².